The molecule has 3 nitrogen and oxygen atoms in total. The van der Waals surface area contributed by atoms with Gasteiger partial charge >= 0.3 is 0 Å². The predicted octanol–water partition coefficient (Wildman–Crippen LogP) is 3.37. The number of imidazole rings is 1. The molecule has 0 unspecified atom stereocenters. The van der Waals surface area contributed by atoms with Crippen molar-refractivity contribution < 1.29 is 4.39 Å². The molecule has 0 radical (unpaired) electrons. The molecule has 2 N–H and O–H groups in total. The summed E-state index contributed by atoms with van der Waals surface area (Å²) in [5, 5.41) is 0. The zero-order valence-electron chi connectivity index (χ0n) is 11.3. The van der Waals surface area contributed by atoms with Gasteiger partial charge in [0.1, 0.15) is 11.6 Å². The van der Waals surface area contributed by atoms with Crippen molar-refractivity contribution in [2.75, 3.05) is 5.73 Å². The van der Waals surface area contributed by atoms with Crippen molar-refractivity contribution in [3.05, 3.63) is 59.7 Å². The Morgan fingerprint density at radius 2 is 2.00 bits per heavy atom. The average molecular weight is 269 g/mol. The minimum absolute atomic E-state index is 0.178. The van der Waals surface area contributed by atoms with Gasteiger partial charge in [0, 0.05) is 13.0 Å². The van der Waals surface area contributed by atoms with E-state index in [1.54, 1.807) is 6.07 Å². The molecule has 0 saturated heterocycles. The van der Waals surface area contributed by atoms with E-state index in [0.29, 0.717) is 6.42 Å². The number of hydrogen-bond acceptors (Lipinski definition) is 2. The topological polar surface area (TPSA) is 43.8 Å². The van der Waals surface area contributed by atoms with E-state index in [-0.39, 0.29) is 11.5 Å². The fourth-order valence-corrected chi connectivity index (χ4v) is 2.48. The Labute approximate surface area is 116 Å². The van der Waals surface area contributed by atoms with E-state index in [4.69, 9.17) is 5.73 Å². The lowest BCUT2D eigenvalue weighted by Crippen LogP contribution is -2.03. The molecule has 2 aromatic carbocycles. The van der Waals surface area contributed by atoms with Crippen molar-refractivity contribution in [2.24, 2.45) is 0 Å². The molecule has 3 rings (SSSR count). The number of halogens is 1. The van der Waals surface area contributed by atoms with Gasteiger partial charge in [0.2, 0.25) is 0 Å². The van der Waals surface area contributed by atoms with Gasteiger partial charge in [-0.05, 0) is 36.8 Å². The van der Waals surface area contributed by atoms with Crippen molar-refractivity contribution in [1.29, 1.82) is 0 Å². The van der Waals surface area contributed by atoms with Gasteiger partial charge in [-0.25, -0.2) is 9.37 Å². The van der Waals surface area contributed by atoms with Gasteiger partial charge in [-0.15, -0.1) is 0 Å². The lowest BCUT2D eigenvalue weighted by molar-refractivity contribution is 0.630. The number of nitrogens with two attached hydrogens (primary N) is 1. The molecule has 0 aliphatic heterocycles. The third kappa shape index (κ3) is 2.13. The average Bonchev–Trinajstić information content (AvgIpc) is 2.80. The molecule has 3 aromatic rings. The third-order valence-electron chi connectivity index (χ3n) is 3.48. The van der Waals surface area contributed by atoms with Crippen molar-refractivity contribution >= 4 is 16.7 Å². The Hall–Kier alpha value is -2.36. The number of benzene rings is 2. The molecule has 4 heteroatoms. The fraction of sp³-hybridized carbons (Fsp3) is 0.188. The zero-order valence-corrected chi connectivity index (χ0v) is 11.3. The summed E-state index contributed by atoms with van der Waals surface area (Å²) in [5.41, 5.74) is 8.64. The normalized spacial score (nSPS) is 11.1. The maximum Gasteiger partial charge on any atom is 0.146 e. The highest BCUT2D eigenvalue weighted by Gasteiger charge is 2.10. The summed E-state index contributed by atoms with van der Waals surface area (Å²) in [6.45, 7) is 2.93. The molecule has 0 aliphatic carbocycles. The number of rotatable bonds is 3. The Bertz CT molecular complexity index is 762. The number of nitrogens with zero attached hydrogens (tertiary/aromatic N) is 2. The number of aromatic nitrogens is 2. The Morgan fingerprint density at radius 1 is 1.20 bits per heavy atom. The second-order valence-corrected chi connectivity index (χ2v) is 4.79. The largest absolute Gasteiger partial charge is 0.396 e. The van der Waals surface area contributed by atoms with Gasteiger partial charge in [-0.2, -0.15) is 0 Å². The molecule has 0 saturated carbocycles. The van der Waals surface area contributed by atoms with E-state index >= 15 is 0 Å². The van der Waals surface area contributed by atoms with Crippen LogP contribution in [0, 0.1) is 5.82 Å². The highest BCUT2D eigenvalue weighted by Crippen LogP contribution is 2.20. The number of nitrogen functional groups attached to an aromatic ring is 1. The van der Waals surface area contributed by atoms with Crippen LogP contribution in [-0.2, 0) is 13.0 Å². The first-order valence-electron chi connectivity index (χ1n) is 6.67. The Morgan fingerprint density at radius 3 is 2.75 bits per heavy atom. The molecule has 0 bridgehead atoms. The molecule has 0 amide bonds. The second-order valence-electron chi connectivity index (χ2n) is 4.79. The van der Waals surface area contributed by atoms with Crippen LogP contribution in [0.5, 0.6) is 0 Å². The third-order valence-corrected chi connectivity index (χ3v) is 3.48. The monoisotopic (exact) mass is 269 g/mol. The van der Waals surface area contributed by atoms with Crippen LogP contribution >= 0.6 is 0 Å². The van der Waals surface area contributed by atoms with Crippen LogP contribution in [0.2, 0.25) is 0 Å². The van der Waals surface area contributed by atoms with E-state index < -0.39 is 0 Å². The molecule has 0 spiro atoms. The lowest BCUT2D eigenvalue weighted by Gasteiger charge is -2.07. The fourth-order valence-electron chi connectivity index (χ4n) is 2.48. The van der Waals surface area contributed by atoms with Gasteiger partial charge in [-0.1, -0.05) is 18.2 Å². The summed E-state index contributed by atoms with van der Waals surface area (Å²) < 4.78 is 15.7. The number of aryl methyl sites for hydroxylation is 1. The zero-order chi connectivity index (χ0) is 14.1. The van der Waals surface area contributed by atoms with Crippen LogP contribution in [0.1, 0.15) is 18.3 Å². The van der Waals surface area contributed by atoms with Crippen LogP contribution in [0.4, 0.5) is 10.1 Å². The maximum absolute atomic E-state index is 13.5. The van der Waals surface area contributed by atoms with Crippen molar-refractivity contribution in [1.82, 2.24) is 9.55 Å². The quantitative estimate of drug-likeness (QED) is 0.741. The van der Waals surface area contributed by atoms with Gasteiger partial charge in [0.25, 0.3) is 0 Å². The second kappa shape index (κ2) is 4.96. The molecule has 0 atom stereocenters. The van der Waals surface area contributed by atoms with E-state index in [2.05, 4.69) is 22.5 Å². The van der Waals surface area contributed by atoms with Crippen LogP contribution in [0.25, 0.3) is 11.0 Å². The van der Waals surface area contributed by atoms with Crippen LogP contribution in [-0.4, -0.2) is 9.55 Å². The van der Waals surface area contributed by atoms with Crippen molar-refractivity contribution in [2.45, 2.75) is 19.9 Å². The number of para-hydroxylation sites is 2. The van der Waals surface area contributed by atoms with Crippen LogP contribution < -0.4 is 5.73 Å². The summed E-state index contributed by atoms with van der Waals surface area (Å²) in [7, 11) is 0. The molecular formula is C16H16FN3. The number of fused-ring (bicyclic) bond motifs is 1. The van der Waals surface area contributed by atoms with Crippen molar-refractivity contribution in [3.8, 4) is 0 Å². The number of hydrogen-bond donors (Lipinski definition) is 1. The standard InChI is InChI=1S/C16H16FN3/c1-2-20-15-6-4-3-5-14(15)19-16(20)10-11-7-8-13(18)12(17)9-11/h3-9H,2,10,18H2,1H3. The highest BCUT2D eigenvalue weighted by molar-refractivity contribution is 5.76. The number of anilines is 1. The van der Waals surface area contributed by atoms with Crippen molar-refractivity contribution in [3.63, 3.8) is 0 Å². The SMILES string of the molecule is CCn1c(Cc2ccc(N)c(F)c2)nc2ccccc21. The molecule has 0 aliphatic rings. The first-order valence-corrected chi connectivity index (χ1v) is 6.67. The summed E-state index contributed by atoms with van der Waals surface area (Å²) in [5.74, 6) is 0.569. The first-order chi connectivity index (χ1) is 9.69. The summed E-state index contributed by atoms with van der Waals surface area (Å²) in [4.78, 5) is 4.64. The van der Waals surface area contributed by atoms with E-state index in [1.807, 2.05) is 24.3 Å². The van der Waals surface area contributed by atoms with E-state index in [0.717, 1.165) is 29.0 Å². The van der Waals surface area contributed by atoms with Crippen LogP contribution in [0.3, 0.4) is 0 Å². The minimum Gasteiger partial charge on any atom is -0.396 e. The molecule has 0 fully saturated rings. The summed E-state index contributed by atoms with van der Waals surface area (Å²) >= 11 is 0. The molecule has 1 heterocycles. The smallest absolute Gasteiger partial charge is 0.146 e. The molecule has 102 valence electrons. The van der Waals surface area contributed by atoms with E-state index in [1.165, 1.54) is 6.07 Å². The Kier molecular flexibility index (Phi) is 3.14. The van der Waals surface area contributed by atoms with Gasteiger partial charge < -0.3 is 10.3 Å². The minimum atomic E-state index is -0.373. The Balaban J connectivity index is 2.03. The maximum atomic E-state index is 13.5. The summed E-state index contributed by atoms with van der Waals surface area (Å²) in [6, 6.07) is 13.0. The van der Waals surface area contributed by atoms with E-state index in [9.17, 15) is 4.39 Å². The highest BCUT2D eigenvalue weighted by atomic mass is 19.1. The van der Waals surface area contributed by atoms with Gasteiger partial charge in [-0.3, -0.25) is 0 Å². The van der Waals surface area contributed by atoms with Gasteiger partial charge in [0.05, 0.1) is 16.7 Å². The lowest BCUT2D eigenvalue weighted by atomic mass is 10.1. The first kappa shape index (κ1) is 12.7. The summed E-state index contributed by atoms with van der Waals surface area (Å²) in [6.07, 6.45) is 0.597. The van der Waals surface area contributed by atoms with Gasteiger partial charge in [0.15, 0.2) is 0 Å². The molecular weight excluding hydrogens is 253 g/mol. The molecule has 1 aromatic heterocycles. The predicted molar refractivity (Wildman–Crippen MR) is 79.0 cm³/mol. The van der Waals surface area contributed by atoms with Crippen LogP contribution in [0.15, 0.2) is 42.5 Å². The molecule has 20 heavy (non-hydrogen) atoms.